The molecular formula is C5H6F6N2S. The summed E-state index contributed by atoms with van der Waals surface area (Å²) in [6, 6.07) is -9.25. The molecule has 0 amide bonds. The van der Waals surface area contributed by atoms with E-state index < -0.39 is 35.5 Å². The van der Waals surface area contributed by atoms with Crippen molar-refractivity contribution in [2.24, 2.45) is 5.73 Å². The van der Waals surface area contributed by atoms with Crippen LogP contribution in [0.4, 0.5) is 26.3 Å². The second-order valence-electron chi connectivity index (χ2n) is 2.27. The van der Waals surface area contributed by atoms with E-state index in [1.165, 1.54) is 0 Å². The number of alkyl halides is 6. The van der Waals surface area contributed by atoms with Crippen molar-refractivity contribution in [2.45, 2.75) is 12.1 Å². The number of nitrogens with zero attached hydrogens (tertiary/aromatic N) is 1. The zero-order valence-electron chi connectivity index (χ0n) is 6.61. The number of rotatable bonds is 4. The molecule has 2 nitrogen and oxygen atoms in total. The van der Waals surface area contributed by atoms with Crippen LogP contribution in [0.1, 0.15) is 0 Å². The molecule has 0 spiro atoms. The minimum atomic E-state index is -4.62. The number of hydrogen-bond donors (Lipinski definition) is 1. The maximum Gasteiger partial charge on any atom is 0.360 e. The monoisotopic (exact) mass is 240 g/mol. The molecule has 0 bridgehead atoms. The maximum atomic E-state index is 12.5. The quantitative estimate of drug-likeness (QED) is 0.460. The van der Waals surface area contributed by atoms with Gasteiger partial charge in [0, 0.05) is 0 Å². The van der Waals surface area contributed by atoms with Crippen LogP contribution in [0, 0.1) is 0 Å². The van der Waals surface area contributed by atoms with E-state index in [4.69, 9.17) is 0 Å². The topological polar surface area (TPSA) is 29.3 Å². The largest absolute Gasteiger partial charge is 0.376 e. The molecule has 84 valence electrons. The molecule has 2 N–H and O–H groups in total. The predicted octanol–water partition coefficient (Wildman–Crippen LogP) is 1.66. The molecule has 0 aliphatic carbocycles. The Kier molecular flexibility index (Phi) is 3.98. The second kappa shape index (κ2) is 4.20. The molecule has 0 aromatic rings. The Hall–Kier alpha value is -0.730. The lowest BCUT2D eigenvalue weighted by Crippen LogP contribution is -2.59. The van der Waals surface area contributed by atoms with Crippen molar-refractivity contribution in [1.82, 2.24) is 4.90 Å². The average molecular weight is 240 g/mol. The summed E-state index contributed by atoms with van der Waals surface area (Å²) in [5.41, 5.74) is 4.52. The summed E-state index contributed by atoms with van der Waals surface area (Å²) < 4.78 is 73.3. The Morgan fingerprint density at radius 2 is 1.36 bits per heavy atom. The molecule has 0 saturated carbocycles. The summed E-state index contributed by atoms with van der Waals surface area (Å²) in [5.74, 6) is 0. The molecule has 0 aromatic heterocycles. The van der Waals surface area contributed by atoms with E-state index in [0.29, 0.717) is 0 Å². The van der Waals surface area contributed by atoms with E-state index in [2.05, 4.69) is 18.0 Å². The Balaban J connectivity index is 5.06. The third-order valence-corrected chi connectivity index (χ3v) is 1.38. The highest BCUT2D eigenvalue weighted by molar-refractivity contribution is 7.80. The average Bonchev–Trinajstić information content (AvgIpc) is 2.02. The predicted molar refractivity (Wildman–Crippen MR) is 40.5 cm³/mol. The van der Waals surface area contributed by atoms with E-state index in [1.54, 1.807) is 0 Å². The fourth-order valence-electron chi connectivity index (χ4n) is 0.681. The Bertz CT molecular complexity index is 204. The summed E-state index contributed by atoms with van der Waals surface area (Å²) in [6.45, 7) is -4.89. The zero-order valence-corrected chi connectivity index (χ0v) is 7.43. The third-order valence-electron chi connectivity index (χ3n) is 1.20. The van der Waals surface area contributed by atoms with Crippen LogP contribution < -0.4 is 5.73 Å². The number of halogens is 6. The molecule has 0 aliphatic heterocycles. The molecule has 0 radical (unpaired) electrons. The first kappa shape index (κ1) is 13.3. The van der Waals surface area contributed by atoms with Gasteiger partial charge in [-0.15, -0.1) is 0 Å². The molecule has 0 saturated heterocycles. The normalized spacial score (nSPS) is 12.7. The van der Waals surface area contributed by atoms with Crippen LogP contribution in [0.5, 0.6) is 0 Å². The first-order valence-corrected chi connectivity index (χ1v) is 3.57. The van der Waals surface area contributed by atoms with E-state index in [1.807, 2.05) is 0 Å². The molecule has 0 rings (SSSR count). The van der Waals surface area contributed by atoms with Gasteiger partial charge in [-0.05, 0) is 12.2 Å². The molecule has 9 heteroatoms. The number of hydrogen-bond acceptors (Lipinski definition) is 1. The highest BCUT2D eigenvalue weighted by atomic mass is 32.1. The summed E-state index contributed by atoms with van der Waals surface area (Å²) in [6.07, 6.45) is 0. The van der Waals surface area contributed by atoms with Crippen LogP contribution in [-0.2, 0) is 0 Å². The summed E-state index contributed by atoms with van der Waals surface area (Å²) in [7, 11) is 0. The van der Waals surface area contributed by atoms with Crippen LogP contribution >= 0.6 is 12.2 Å². The van der Waals surface area contributed by atoms with Gasteiger partial charge < -0.3 is 5.73 Å². The SMILES string of the molecule is NC(=S)N(C(F)(F)CF)C(F)(F)CF. The van der Waals surface area contributed by atoms with Gasteiger partial charge in [0.1, 0.15) is 0 Å². The van der Waals surface area contributed by atoms with Crippen molar-refractivity contribution in [3.63, 3.8) is 0 Å². The highest BCUT2D eigenvalue weighted by Crippen LogP contribution is 2.31. The highest BCUT2D eigenvalue weighted by Gasteiger charge is 2.53. The maximum absolute atomic E-state index is 12.5. The standard InChI is InChI=1S/C5H6F6N2S/c6-1-4(8,9)13(3(12)14)5(10,11)2-7/h1-2H2,(H2,12,14). The minimum absolute atomic E-state index is 1.25. The van der Waals surface area contributed by atoms with Crippen molar-refractivity contribution in [3.8, 4) is 0 Å². The van der Waals surface area contributed by atoms with E-state index >= 15 is 0 Å². The van der Waals surface area contributed by atoms with Gasteiger partial charge in [0.25, 0.3) is 0 Å². The van der Waals surface area contributed by atoms with Gasteiger partial charge in [-0.2, -0.15) is 17.6 Å². The number of thiocarbonyl (C=S) groups is 1. The van der Waals surface area contributed by atoms with Crippen LogP contribution in [0.2, 0.25) is 0 Å². The first-order chi connectivity index (χ1) is 6.19. The van der Waals surface area contributed by atoms with Crippen LogP contribution in [0.25, 0.3) is 0 Å². The van der Waals surface area contributed by atoms with Crippen molar-refractivity contribution in [2.75, 3.05) is 13.3 Å². The van der Waals surface area contributed by atoms with Crippen LogP contribution in [-0.4, -0.2) is 35.5 Å². The van der Waals surface area contributed by atoms with Crippen molar-refractivity contribution in [3.05, 3.63) is 0 Å². The van der Waals surface area contributed by atoms with Crippen LogP contribution in [0.15, 0.2) is 0 Å². The molecule has 14 heavy (non-hydrogen) atoms. The summed E-state index contributed by atoms with van der Waals surface area (Å²) in [5, 5.41) is -1.48. The van der Waals surface area contributed by atoms with Gasteiger partial charge in [-0.3, -0.25) is 0 Å². The van der Waals surface area contributed by atoms with Gasteiger partial charge in [-0.25, -0.2) is 13.7 Å². The second-order valence-corrected chi connectivity index (χ2v) is 2.69. The molecule has 0 aromatic carbocycles. The van der Waals surface area contributed by atoms with Crippen molar-refractivity contribution in [1.29, 1.82) is 0 Å². The Morgan fingerprint density at radius 1 is 1.07 bits per heavy atom. The Morgan fingerprint density at radius 3 is 1.50 bits per heavy atom. The van der Waals surface area contributed by atoms with E-state index in [-0.39, 0.29) is 0 Å². The summed E-state index contributed by atoms with van der Waals surface area (Å²) in [4.78, 5) is -1.25. The molecular weight excluding hydrogens is 234 g/mol. The molecule has 0 unspecified atom stereocenters. The number of nitrogens with two attached hydrogens (primary N) is 1. The van der Waals surface area contributed by atoms with Gasteiger partial charge in [0.2, 0.25) is 0 Å². The lowest BCUT2D eigenvalue weighted by molar-refractivity contribution is -0.247. The van der Waals surface area contributed by atoms with Gasteiger partial charge in [0.05, 0.1) is 0 Å². The van der Waals surface area contributed by atoms with Crippen molar-refractivity contribution < 1.29 is 26.3 Å². The van der Waals surface area contributed by atoms with E-state index in [9.17, 15) is 26.3 Å². The first-order valence-electron chi connectivity index (χ1n) is 3.16. The van der Waals surface area contributed by atoms with Gasteiger partial charge >= 0.3 is 12.1 Å². The molecule has 0 heterocycles. The smallest absolute Gasteiger partial charge is 0.360 e. The van der Waals surface area contributed by atoms with Gasteiger partial charge in [0.15, 0.2) is 18.5 Å². The van der Waals surface area contributed by atoms with E-state index in [0.717, 1.165) is 0 Å². The van der Waals surface area contributed by atoms with Crippen LogP contribution in [0.3, 0.4) is 0 Å². The fraction of sp³-hybridized carbons (Fsp3) is 0.800. The fourth-order valence-corrected chi connectivity index (χ4v) is 0.948. The molecule has 0 atom stereocenters. The van der Waals surface area contributed by atoms with Gasteiger partial charge in [-0.1, -0.05) is 0 Å². The molecule has 0 aliphatic rings. The van der Waals surface area contributed by atoms with Crippen molar-refractivity contribution >= 4 is 17.3 Å². The minimum Gasteiger partial charge on any atom is -0.376 e. The third kappa shape index (κ3) is 2.63. The lowest BCUT2D eigenvalue weighted by atomic mass is 10.4. The summed E-state index contributed by atoms with van der Waals surface area (Å²) >= 11 is 3.86. The zero-order chi connectivity index (χ0) is 11.6. The lowest BCUT2D eigenvalue weighted by Gasteiger charge is -2.34. The molecule has 0 fully saturated rings. The Labute approximate surface area is 80.7 Å².